The summed E-state index contributed by atoms with van der Waals surface area (Å²) < 4.78 is 40.3. The standard InChI is InChI=1S/C23H21F3N4O2/c1-13-12-29(18-6-4-17(5-7-18)23(24,25)26)22(32)21-16(11-28-30(13)21)10-20(31)19-8-9-27-15(3)14(19)2/h4-9,11,13H,10,12H2,1-3H3/t13-/m0/s1. The number of halogens is 3. The first-order valence-corrected chi connectivity index (χ1v) is 10.1. The van der Waals surface area contributed by atoms with Crippen molar-refractivity contribution >= 4 is 17.4 Å². The van der Waals surface area contributed by atoms with Crippen molar-refractivity contribution < 1.29 is 22.8 Å². The molecular formula is C23H21F3N4O2. The summed E-state index contributed by atoms with van der Waals surface area (Å²) in [7, 11) is 0. The Morgan fingerprint density at radius 3 is 2.50 bits per heavy atom. The molecule has 1 amide bonds. The Labute approximate surface area is 182 Å². The fraction of sp³-hybridized carbons (Fsp3) is 0.304. The lowest BCUT2D eigenvalue weighted by atomic mass is 9.98. The Balaban J connectivity index is 1.65. The van der Waals surface area contributed by atoms with Crippen molar-refractivity contribution in [1.29, 1.82) is 0 Å². The Kier molecular flexibility index (Phi) is 5.36. The van der Waals surface area contributed by atoms with Gasteiger partial charge in [-0.3, -0.25) is 19.3 Å². The number of amides is 1. The van der Waals surface area contributed by atoms with E-state index in [1.807, 2.05) is 20.8 Å². The molecule has 0 saturated heterocycles. The molecule has 1 aliphatic heterocycles. The van der Waals surface area contributed by atoms with E-state index in [0.29, 0.717) is 16.8 Å². The Morgan fingerprint density at radius 2 is 1.84 bits per heavy atom. The molecule has 0 spiro atoms. The Hall–Kier alpha value is -3.49. The molecule has 0 bridgehead atoms. The number of alkyl halides is 3. The van der Waals surface area contributed by atoms with Gasteiger partial charge < -0.3 is 4.90 Å². The first kappa shape index (κ1) is 21.7. The van der Waals surface area contributed by atoms with Crippen LogP contribution < -0.4 is 4.90 Å². The summed E-state index contributed by atoms with van der Waals surface area (Å²) in [4.78, 5) is 31.8. The minimum Gasteiger partial charge on any atom is -0.305 e. The van der Waals surface area contributed by atoms with E-state index in [2.05, 4.69) is 10.1 Å². The van der Waals surface area contributed by atoms with Gasteiger partial charge in [-0.15, -0.1) is 0 Å². The van der Waals surface area contributed by atoms with Gasteiger partial charge in [-0.05, 0) is 56.7 Å². The molecule has 166 valence electrons. The van der Waals surface area contributed by atoms with Crippen molar-refractivity contribution in [3.05, 3.63) is 76.4 Å². The van der Waals surface area contributed by atoms with Crippen LogP contribution in [0.15, 0.2) is 42.7 Å². The van der Waals surface area contributed by atoms with Crippen molar-refractivity contribution in [1.82, 2.24) is 14.8 Å². The van der Waals surface area contributed by atoms with Crippen molar-refractivity contribution in [3.8, 4) is 0 Å². The highest BCUT2D eigenvalue weighted by molar-refractivity contribution is 6.08. The zero-order valence-corrected chi connectivity index (χ0v) is 17.8. The number of rotatable bonds is 4. The number of Topliss-reactive ketones (excluding diaryl/α,β-unsaturated/α-hetero) is 1. The molecule has 0 saturated carbocycles. The lowest BCUT2D eigenvalue weighted by Gasteiger charge is -2.32. The molecule has 3 heterocycles. The number of aryl methyl sites for hydroxylation is 1. The first-order valence-electron chi connectivity index (χ1n) is 10.1. The molecule has 4 rings (SSSR count). The van der Waals surface area contributed by atoms with E-state index in [4.69, 9.17) is 0 Å². The average Bonchev–Trinajstić information content (AvgIpc) is 3.16. The summed E-state index contributed by atoms with van der Waals surface area (Å²) in [6, 6.07) is 5.93. The van der Waals surface area contributed by atoms with Crippen molar-refractivity contribution in [2.45, 2.75) is 39.4 Å². The number of carbonyl (C=O) groups is 2. The van der Waals surface area contributed by atoms with E-state index < -0.39 is 17.6 Å². The second-order valence-electron chi connectivity index (χ2n) is 7.94. The van der Waals surface area contributed by atoms with E-state index in [0.717, 1.165) is 23.4 Å². The monoisotopic (exact) mass is 442 g/mol. The number of fused-ring (bicyclic) bond motifs is 1. The second-order valence-corrected chi connectivity index (χ2v) is 7.94. The van der Waals surface area contributed by atoms with Gasteiger partial charge in [0.1, 0.15) is 5.69 Å². The van der Waals surface area contributed by atoms with Crippen LogP contribution in [0.1, 0.15) is 56.2 Å². The SMILES string of the molecule is Cc1nccc(C(=O)Cc2cnn3c2C(=O)N(c2ccc(C(F)(F)F)cc2)C[C@@H]3C)c1C. The van der Waals surface area contributed by atoms with Gasteiger partial charge in [0.2, 0.25) is 0 Å². The number of pyridine rings is 1. The number of anilines is 1. The molecular weight excluding hydrogens is 421 g/mol. The normalized spacial score (nSPS) is 16.2. The van der Waals surface area contributed by atoms with Crippen molar-refractivity contribution in [2.24, 2.45) is 0 Å². The number of ketones is 1. The molecule has 1 atom stereocenters. The van der Waals surface area contributed by atoms with Gasteiger partial charge in [0.25, 0.3) is 5.91 Å². The third-order valence-corrected chi connectivity index (χ3v) is 5.80. The van der Waals surface area contributed by atoms with Gasteiger partial charge in [-0.25, -0.2) is 0 Å². The summed E-state index contributed by atoms with van der Waals surface area (Å²) >= 11 is 0. The van der Waals surface area contributed by atoms with Crippen LogP contribution in [0.4, 0.5) is 18.9 Å². The summed E-state index contributed by atoms with van der Waals surface area (Å²) in [6.07, 6.45) is -1.38. The fourth-order valence-corrected chi connectivity index (χ4v) is 3.91. The third kappa shape index (κ3) is 3.79. The average molecular weight is 442 g/mol. The molecule has 0 fully saturated rings. The summed E-state index contributed by atoms with van der Waals surface area (Å²) in [5, 5.41) is 4.31. The summed E-state index contributed by atoms with van der Waals surface area (Å²) in [5.41, 5.74) is 2.42. The maximum absolute atomic E-state index is 13.3. The van der Waals surface area contributed by atoms with Gasteiger partial charge in [0.05, 0.1) is 17.8 Å². The van der Waals surface area contributed by atoms with E-state index >= 15 is 0 Å². The minimum absolute atomic E-state index is 0.0149. The third-order valence-electron chi connectivity index (χ3n) is 5.80. The lowest BCUT2D eigenvalue weighted by Crippen LogP contribution is -2.43. The van der Waals surface area contributed by atoms with Gasteiger partial charge in [0, 0.05) is 41.7 Å². The van der Waals surface area contributed by atoms with E-state index in [1.54, 1.807) is 16.9 Å². The van der Waals surface area contributed by atoms with E-state index in [1.165, 1.54) is 23.2 Å². The van der Waals surface area contributed by atoms with Crippen LogP contribution >= 0.6 is 0 Å². The van der Waals surface area contributed by atoms with E-state index in [9.17, 15) is 22.8 Å². The lowest BCUT2D eigenvalue weighted by molar-refractivity contribution is -0.137. The molecule has 32 heavy (non-hydrogen) atoms. The highest BCUT2D eigenvalue weighted by Crippen LogP contribution is 2.33. The van der Waals surface area contributed by atoms with Crippen LogP contribution in [0.25, 0.3) is 0 Å². The molecule has 9 heteroatoms. The van der Waals surface area contributed by atoms with Crippen LogP contribution in [-0.4, -0.2) is 33.0 Å². The summed E-state index contributed by atoms with van der Waals surface area (Å²) in [6.45, 7) is 5.76. The molecule has 0 radical (unpaired) electrons. The topological polar surface area (TPSA) is 68.1 Å². The molecule has 0 unspecified atom stereocenters. The zero-order chi connectivity index (χ0) is 23.2. The van der Waals surface area contributed by atoms with Crippen molar-refractivity contribution in [2.75, 3.05) is 11.4 Å². The Morgan fingerprint density at radius 1 is 1.16 bits per heavy atom. The maximum Gasteiger partial charge on any atom is 0.416 e. The zero-order valence-electron chi connectivity index (χ0n) is 17.8. The molecule has 1 aliphatic rings. The fourth-order valence-electron chi connectivity index (χ4n) is 3.91. The van der Waals surface area contributed by atoms with Crippen LogP contribution in [0.3, 0.4) is 0 Å². The molecule has 3 aromatic rings. The number of hydrogen-bond acceptors (Lipinski definition) is 4. The molecule has 0 N–H and O–H groups in total. The predicted molar refractivity (Wildman–Crippen MR) is 112 cm³/mol. The second kappa shape index (κ2) is 7.89. The van der Waals surface area contributed by atoms with Gasteiger partial charge >= 0.3 is 6.18 Å². The number of aromatic nitrogens is 3. The predicted octanol–water partition coefficient (Wildman–Crippen LogP) is 4.56. The highest BCUT2D eigenvalue weighted by atomic mass is 19.4. The van der Waals surface area contributed by atoms with Crippen molar-refractivity contribution in [3.63, 3.8) is 0 Å². The highest BCUT2D eigenvalue weighted by Gasteiger charge is 2.35. The molecule has 2 aromatic heterocycles. The summed E-state index contributed by atoms with van der Waals surface area (Å²) in [5.74, 6) is -0.554. The number of carbonyl (C=O) groups excluding carboxylic acids is 2. The quantitative estimate of drug-likeness (QED) is 0.556. The van der Waals surface area contributed by atoms with Crippen LogP contribution in [0.2, 0.25) is 0 Å². The van der Waals surface area contributed by atoms with Gasteiger partial charge in [-0.1, -0.05) is 0 Å². The molecule has 6 nitrogen and oxygen atoms in total. The minimum atomic E-state index is -4.45. The van der Waals surface area contributed by atoms with E-state index in [-0.39, 0.29) is 30.5 Å². The largest absolute Gasteiger partial charge is 0.416 e. The number of benzene rings is 1. The molecule has 0 aliphatic carbocycles. The van der Waals surface area contributed by atoms with Crippen LogP contribution in [0.5, 0.6) is 0 Å². The van der Waals surface area contributed by atoms with Crippen LogP contribution in [0, 0.1) is 13.8 Å². The molecule has 1 aromatic carbocycles. The maximum atomic E-state index is 13.3. The number of nitrogens with zero attached hydrogens (tertiary/aromatic N) is 4. The number of hydrogen-bond donors (Lipinski definition) is 0. The first-order chi connectivity index (χ1) is 15.1. The van der Waals surface area contributed by atoms with Gasteiger partial charge in [-0.2, -0.15) is 18.3 Å². The Bertz CT molecular complexity index is 1200. The van der Waals surface area contributed by atoms with Gasteiger partial charge in [0.15, 0.2) is 5.78 Å². The van der Waals surface area contributed by atoms with Crippen LogP contribution in [-0.2, 0) is 12.6 Å². The smallest absolute Gasteiger partial charge is 0.305 e.